The number of aryl methyl sites for hydroxylation is 1. The van der Waals surface area contributed by atoms with Gasteiger partial charge in [0, 0.05) is 6.42 Å². The molecule has 1 aliphatic rings. The molecule has 120 valence electrons. The summed E-state index contributed by atoms with van der Waals surface area (Å²) in [5, 5.41) is 0. The second-order valence-electron chi connectivity index (χ2n) is 5.48. The van der Waals surface area contributed by atoms with Crippen LogP contribution < -0.4 is 0 Å². The molecule has 1 aliphatic heterocycles. The van der Waals surface area contributed by atoms with Crippen LogP contribution >= 0.6 is 0 Å². The number of unbranched alkanes of at least 4 members (excludes halogenated alkanes) is 1. The van der Waals surface area contributed by atoms with Crippen LogP contribution in [0.5, 0.6) is 0 Å². The van der Waals surface area contributed by atoms with Crippen LogP contribution in [0, 0.1) is 11.8 Å². The maximum atomic E-state index is 11.6. The molecule has 1 fully saturated rings. The van der Waals surface area contributed by atoms with Crippen molar-refractivity contribution in [2.75, 3.05) is 20.1 Å². The van der Waals surface area contributed by atoms with Crippen molar-refractivity contribution in [3.8, 4) is 11.8 Å². The minimum atomic E-state index is -0.898. The molecule has 23 heavy (non-hydrogen) atoms. The molecule has 5 nitrogen and oxygen atoms in total. The van der Waals surface area contributed by atoms with E-state index in [1.807, 2.05) is 18.2 Å². The lowest BCUT2D eigenvalue weighted by atomic mass is 9.84. The lowest BCUT2D eigenvalue weighted by Gasteiger charge is -2.21. The molecule has 1 aromatic rings. The van der Waals surface area contributed by atoms with Crippen molar-refractivity contribution in [2.45, 2.75) is 25.6 Å². The van der Waals surface area contributed by atoms with Gasteiger partial charge in [0.2, 0.25) is 0 Å². The number of rotatable bonds is 4. The molecule has 0 saturated carbocycles. The van der Waals surface area contributed by atoms with Gasteiger partial charge in [0.25, 0.3) is 0 Å². The number of carbonyl (C=O) groups is 2. The fourth-order valence-electron chi connectivity index (χ4n) is 2.24. The van der Waals surface area contributed by atoms with Crippen LogP contribution in [0.1, 0.15) is 18.4 Å². The summed E-state index contributed by atoms with van der Waals surface area (Å²) in [6, 6.07) is 10.2. The van der Waals surface area contributed by atoms with Crippen LogP contribution in [0.15, 0.2) is 30.3 Å². The summed E-state index contributed by atoms with van der Waals surface area (Å²) in [5.41, 5.74) is 1.29. The molecule has 0 atom stereocenters. The zero-order valence-electron chi connectivity index (χ0n) is 13.3. The van der Waals surface area contributed by atoms with E-state index in [-0.39, 0.29) is 19.4 Å². The van der Waals surface area contributed by atoms with E-state index in [2.05, 4.69) is 24.0 Å². The lowest BCUT2D eigenvalue weighted by molar-refractivity contribution is -0.145. The lowest BCUT2D eigenvalue weighted by Crippen LogP contribution is -2.42. The van der Waals surface area contributed by atoms with E-state index >= 15 is 0 Å². The first-order valence-electron chi connectivity index (χ1n) is 7.70. The van der Waals surface area contributed by atoms with Crippen molar-refractivity contribution >= 4 is 19.1 Å². The first-order valence-corrected chi connectivity index (χ1v) is 7.70. The van der Waals surface area contributed by atoms with Crippen molar-refractivity contribution in [2.24, 2.45) is 0 Å². The van der Waals surface area contributed by atoms with Crippen molar-refractivity contribution in [1.29, 1.82) is 0 Å². The van der Waals surface area contributed by atoms with E-state index in [1.54, 1.807) is 11.9 Å². The van der Waals surface area contributed by atoms with Gasteiger partial charge in [-0.05, 0) is 25.5 Å². The quantitative estimate of drug-likeness (QED) is 0.479. The summed E-state index contributed by atoms with van der Waals surface area (Å²) in [4.78, 5) is 24.7. The van der Waals surface area contributed by atoms with E-state index < -0.39 is 19.1 Å². The van der Waals surface area contributed by atoms with Crippen LogP contribution in [-0.4, -0.2) is 44.1 Å². The molecule has 0 spiro atoms. The number of hydrogen-bond donors (Lipinski definition) is 0. The Morgan fingerprint density at radius 3 is 2.39 bits per heavy atom. The zero-order valence-corrected chi connectivity index (χ0v) is 13.3. The SMILES string of the molecule is CN1CC(=O)OB(CC#CCCCc2ccccc2)OC(=O)C1. The van der Waals surface area contributed by atoms with Gasteiger partial charge in [0.1, 0.15) is 0 Å². The maximum Gasteiger partial charge on any atom is 0.611 e. The van der Waals surface area contributed by atoms with Gasteiger partial charge in [0.05, 0.1) is 19.4 Å². The van der Waals surface area contributed by atoms with Crippen molar-refractivity contribution in [3.63, 3.8) is 0 Å². The Morgan fingerprint density at radius 2 is 1.74 bits per heavy atom. The second kappa shape index (κ2) is 9.01. The third kappa shape index (κ3) is 6.58. The first kappa shape index (κ1) is 17.1. The van der Waals surface area contributed by atoms with Gasteiger partial charge >= 0.3 is 19.1 Å². The molecule has 0 aromatic heterocycles. The van der Waals surface area contributed by atoms with Crippen LogP contribution in [0.3, 0.4) is 0 Å². The minimum absolute atomic E-state index is 0.0795. The third-order valence-electron chi connectivity index (χ3n) is 3.33. The van der Waals surface area contributed by atoms with Gasteiger partial charge in [-0.1, -0.05) is 30.3 Å². The summed E-state index contributed by atoms with van der Waals surface area (Å²) in [5.74, 6) is 5.15. The van der Waals surface area contributed by atoms with Gasteiger partial charge in [-0.2, -0.15) is 0 Å². The molecule has 6 heteroatoms. The van der Waals surface area contributed by atoms with Gasteiger partial charge < -0.3 is 9.31 Å². The summed E-state index contributed by atoms with van der Waals surface area (Å²) < 4.78 is 10.2. The molecule has 0 bridgehead atoms. The highest BCUT2D eigenvalue weighted by Gasteiger charge is 2.30. The highest BCUT2D eigenvalue weighted by molar-refractivity contribution is 6.50. The summed E-state index contributed by atoms with van der Waals surface area (Å²) in [7, 11) is 0.764. The van der Waals surface area contributed by atoms with E-state index in [1.165, 1.54) is 5.56 Å². The Hall–Kier alpha value is -2.26. The van der Waals surface area contributed by atoms with E-state index in [0.29, 0.717) is 0 Å². The maximum absolute atomic E-state index is 11.6. The average molecular weight is 313 g/mol. The predicted molar refractivity (Wildman–Crippen MR) is 87.4 cm³/mol. The Balaban J connectivity index is 1.72. The first-order chi connectivity index (χ1) is 11.1. The number of hydrogen-bond acceptors (Lipinski definition) is 5. The van der Waals surface area contributed by atoms with Crippen molar-refractivity contribution < 1.29 is 18.9 Å². The standard InChI is InChI=1S/C17H20BNO4/c1-19-13-16(20)22-18(23-17(21)14-19)12-8-3-2-5-9-15-10-6-4-7-11-15/h4,6-7,10-11H,2,5,9,12-14H2,1H3. The van der Waals surface area contributed by atoms with E-state index in [0.717, 1.165) is 19.3 Å². The van der Waals surface area contributed by atoms with Crippen molar-refractivity contribution in [3.05, 3.63) is 35.9 Å². The van der Waals surface area contributed by atoms with Crippen LogP contribution in [0.4, 0.5) is 0 Å². The fraction of sp³-hybridized carbons (Fsp3) is 0.412. The molecule has 2 rings (SSSR count). The van der Waals surface area contributed by atoms with Crippen LogP contribution in [-0.2, 0) is 25.3 Å². The molecular weight excluding hydrogens is 293 g/mol. The second-order valence-corrected chi connectivity index (χ2v) is 5.48. The van der Waals surface area contributed by atoms with E-state index in [9.17, 15) is 9.59 Å². The average Bonchev–Trinajstić information content (AvgIpc) is 2.49. The van der Waals surface area contributed by atoms with Gasteiger partial charge in [0.15, 0.2) is 0 Å². The molecule has 1 aromatic carbocycles. The van der Waals surface area contributed by atoms with Gasteiger partial charge in [-0.15, -0.1) is 11.8 Å². The summed E-state index contributed by atoms with van der Waals surface area (Å²) >= 11 is 0. The van der Waals surface area contributed by atoms with Gasteiger partial charge in [-0.3, -0.25) is 14.5 Å². The highest BCUT2D eigenvalue weighted by atomic mass is 16.6. The normalized spacial score (nSPS) is 15.8. The van der Waals surface area contributed by atoms with Crippen LogP contribution in [0.2, 0.25) is 6.32 Å². The molecule has 1 saturated heterocycles. The molecule has 0 unspecified atom stereocenters. The number of likely N-dealkylation sites (N-methyl/N-ethyl adjacent to an activating group) is 1. The Morgan fingerprint density at radius 1 is 1.09 bits per heavy atom. The largest absolute Gasteiger partial charge is 0.611 e. The van der Waals surface area contributed by atoms with Crippen molar-refractivity contribution in [1.82, 2.24) is 4.90 Å². The smallest absolute Gasteiger partial charge is 0.498 e. The number of carbonyl (C=O) groups excluding carboxylic acids is 2. The Kier molecular flexibility index (Phi) is 6.70. The minimum Gasteiger partial charge on any atom is -0.498 e. The summed E-state index contributed by atoms with van der Waals surface area (Å²) in [6.07, 6.45) is 2.92. The Labute approximate surface area is 137 Å². The molecule has 0 radical (unpaired) electrons. The molecular formula is C17H20BNO4. The highest BCUT2D eigenvalue weighted by Crippen LogP contribution is 2.05. The third-order valence-corrected chi connectivity index (χ3v) is 3.33. The van der Waals surface area contributed by atoms with Gasteiger partial charge in [-0.25, -0.2) is 0 Å². The zero-order chi connectivity index (χ0) is 16.5. The number of benzene rings is 1. The Bertz CT molecular complexity index is 574. The molecule has 0 aliphatic carbocycles. The molecule has 0 N–H and O–H groups in total. The molecule has 1 heterocycles. The predicted octanol–water partition coefficient (Wildman–Crippen LogP) is 1.53. The topological polar surface area (TPSA) is 55.8 Å². The fourth-order valence-corrected chi connectivity index (χ4v) is 2.24. The monoisotopic (exact) mass is 313 g/mol. The van der Waals surface area contributed by atoms with Crippen LogP contribution in [0.25, 0.3) is 0 Å². The summed E-state index contributed by atoms with van der Waals surface area (Å²) in [6.45, 7) is 0.159. The van der Waals surface area contributed by atoms with E-state index in [4.69, 9.17) is 9.31 Å². The number of nitrogens with zero attached hydrogens (tertiary/aromatic N) is 1. The molecule has 0 amide bonds.